The molecule has 0 spiro atoms. The molecule has 2 rings (SSSR count). The van der Waals surface area contributed by atoms with Crippen LogP contribution >= 0.6 is 0 Å². The fourth-order valence-corrected chi connectivity index (χ4v) is 12.3. The molecule has 24 nitrogen and oxygen atoms in total. The normalized spacial score (nSPS) is 30.6. The average molecular weight is 1230 g/mol. The zero-order valence-electron chi connectivity index (χ0n) is 57.0. The van der Waals surface area contributed by atoms with Gasteiger partial charge in [0.15, 0.2) is 6.04 Å². The van der Waals surface area contributed by atoms with Crippen LogP contribution in [0.5, 0.6) is 0 Å². The van der Waals surface area contributed by atoms with Gasteiger partial charge in [0.25, 0.3) is 5.91 Å². The Morgan fingerprint density at radius 2 is 0.989 bits per heavy atom. The van der Waals surface area contributed by atoms with Gasteiger partial charge in [0.2, 0.25) is 59.2 Å². The monoisotopic (exact) mass is 1230 g/mol. The van der Waals surface area contributed by atoms with Crippen LogP contribution < -0.4 is 21.3 Å². The van der Waals surface area contributed by atoms with Gasteiger partial charge in [-0.25, -0.2) is 9.28 Å². The summed E-state index contributed by atoms with van der Waals surface area (Å²) in [6.45, 7) is 28.6. The van der Waals surface area contributed by atoms with Crippen molar-refractivity contribution in [2.75, 3.05) is 55.9 Å². The maximum atomic E-state index is 15.2. The van der Waals surface area contributed by atoms with Crippen molar-refractivity contribution in [2.24, 2.45) is 41.4 Å². The van der Waals surface area contributed by atoms with Crippen molar-refractivity contribution in [1.82, 2.24) is 50.7 Å². The highest BCUT2D eigenvalue weighted by atomic mass is 16.3. The van der Waals surface area contributed by atoms with Gasteiger partial charge in [-0.05, 0) is 82.0 Å². The van der Waals surface area contributed by atoms with E-state index in [0.717, 1.165) is 14.7 Å². The first-order valence-electron chi connectivity index (χ1n) is 31.3. The lowest BCUT2D eigenvalue weighted by Gasteiger charge is -2.41. The number of aliphatic hydroxyl groups excluding tert-OH is 2. The molecule has 0 radical (unpaired) electrons. The second-order valence-corrected chi connectivity index (χ2v) is 26.7. The summed E-state index contributed by atoms with van der Waals surface area (Å²) >= 11 is 0. The molecule has 24 heteroatoms. The summed E-state index contributed by atoms with van der Waals surface area (Å²) in [5.74, 6) is -10.7. The van der Waals surface area contributed by atoms with E-state index < -0.39 is 178 Å². The molecule has 0 bridgehead atoms. The third-order valence-corrected chi connectivity index (χ3v) is 18.0. The van der Waals surface area contributed by atoms with E-state index in [9.17, 15) is 48.6 Å². The van der Waals surface area contributed by atoms with Crippen LogP contribution in [0.15, 0.2) is 12.2 Å². The molecule has 0 saturated carbocycles. The number of hydrogen-bond acceptors (Lipinski definition) is 13. The summed E-state index contributed by atoms with van der Waals surface area (Å²) in [7, 11) is 9.88. The number of likely N-dealkylation sites (N-methyl/N-ethyl adjacent to an activating group) is 7. The maximum Gasteiger partial charge on any atom is 0.336 e. The largest absolute Gasteiger partial charge is 0.394 e. The Hall–Kier alpha value is -6.01. The summed E-state index contributed by atoms with van der Waals surface area (Å²) < 4.78 is -0.415. The van der Waals surface area contributed by atoms with Gasteiger partial charge in [0, 0.05) is 48.2 Å². The van der Waals surface area contributed by atoms with Crippen molar-refractivity contribution in [1.29, 1.82) is 0 Å². The van der Waals surface area contributed by atoms with Crippen molar-refractivity contribution < 1.29 is 67.4 Å². The van der Waals surface area contributed by atoms with Crippen molar-refractivity contribution in [2.45, 2.75) is 228 Å². The van der Waals surface area contributed by atoms with Gasteiger partial charge < -0.3 is 60.9 Å². The first kappa shape index (κ1) is 77.1. The topological polar surface area (TPSA) is 296 Å². The van der Waals surface area contributed by atoms with Crippen molar-refractivity contribution in [3.05, 3.63) is 12.2 Å². The number of aliphatic hydroxyl groups is 2. The number of carbonyl (C=O) groups excluding carboxylic acids is 11. The van der Waals surface area contributed by atoms with E-state index in [2.05, 4.69) is 21.3 Å². The first-order chi connectivity index (χ1) is 40.2. The van der Waals surface area contributed by atoms with Crippen molar-refractivity contribution in [3.63, 3.8) is 0 Å². The van der Waals surface area contributed by atoms with E-state index >= 15 is 14.4 Å². The summed E-state index contributed by atoms with van der Waals surface area (Å²) in [6, 6.07) is -14.7. The first-order valence-corrected chi connectivity index (χ1v) is 31.3. The number of amides is 11. The fraction of sp³-hybridized carbons (Fsp3) is 0.794. The standard InChI is InChI=1S/C63H111N11O13/c1-25-28-29-39(15)52(76)49-56(80)66-42(27-3)57(81)70(20)45(32-75)59(83)72(22)48(38(14)26-2)55(79)67-46(35(8)9)60(84)68(18)43(30-33(4)5)54(78)64-40(16)53(77)65-41(17)63(87)74(24)50(37(12)13)51(74)62(86)69(19)44(31-34(6)7)58(82)71(21)47(36(10)11)61(85)73(49)23/h25,28,33-52,75-76H,26-27,29-32H2,1-24H3,(H3-,64,65,66,67,77,78,79,80)/p+1/t38?,39-,40+,41-,42+,43+,44+,45?,46+,47+,48+,49+,50?,51-,52-,74?/m1/s1. The van der Waals surface area contributed by atoms with Crippen LogP contribution in [0.4, 0.5) is 0 Å². The van der Waals surface area contributed by atoms with Gasteiger partial charge in [-0.1, -0.05) is 116 Å². The summed E-state index contributed by atoms with van der Waals surface area (Å²) in [6.07, 6.45) is 2.89. The van der Waals surface area contributed by atoms with Crippen LogP contribution in [-0.2, 0) is 52.7 Å². The Morgan fingerprint density at radius 1 is 0.517 bits per heavy atom. The number of nitrogens with one attached hydrogen (secondary N) is 4. The minimum atomic E-state index is -1.66. The molecule has 16 atom stereocenters. The number of rotatable bonds is 15. The lowest BCUT2D eigenvalue weighted by atomic mass is 9.91. The zero-order valence-corrected chi connectivity index (χ0v) is 57.0. The molecule has 4 unspecified atom stereocenters. The van der Waals surface area contributed by atoms with Crippen LogP contribution in [0.2, 0.25) is 0 Å². The molecule has 2 fully saturated rings. The fourth-order valence-electron chi connectivity index (χ4n) is 12.3. The highest BCUT2D eigenvalue weighted by Gasteiger charge is 2.74. The highest BCUT2D eigenvalue weighted by Crippen LogP contribution is 2.45. The molecule has 87 heavy (non-hydrogen) atoms. The van der Waals surface area contributed by atoms with Gasteiger partial charge in [-0.15, -0.1) is 0 Å². The van der Waals surface area contributed by atoms with Crippen LogP contribution in [0.1, 0.15) is 150 Å². The smallest absolute Gasteiger partial charge is 0.336 e. The lowest BCUT2D eigenvalue weighted by molar-refractivity contribution is -0.723. The molecule has 2 heterocycles. The van der Waals surface area contributed by atoms with Crippen LogP contribution in [0.3, 0.4) is 0 Å². The number of allylic oxidation sites excluding steroid dienone is 2. The van der Waals surface area contributed by atoms with E-state index in [-0.39, 0.29) is 43.4 Å². The summed E-state index contributed by atoms with van der Waals surface area (Å²) in [5, 5.41) is 34.0. The van der Waals surface area contributed by atoms with E-state index in [0.29, 0.717) is 6.42 Å². The molecule has 496 valence electrons. The summed E-state index contributed by atoms with van der Waals surface area (Å²) in [4.78, 5) is 169. The molecule has 0 aliphatic carbocycles. The van der Waals surface area contributed by atoms with Crippen molar-refractivity contribution in [3.8, 4) is 0 Å². The molecule has 0 aromatic rings. The quantitative estimate of drug-likeness (QED) is 0.0780. The number of quaternary nitrogens is 1. The van der Waals surface area contributed by atoms with E-state index in [4.69, 9.17) is 0 Å². The molecule has 2 aliphatic rings. The lowest BCUT2D eigenvalue weighted by Crippen LogP contribution is -2.64. The molecule has 0 aromatic heterocycles. The van der Waals surface area contributed by atoms with Gasteiger partial charge in [-0.3, -0.25) is 47.9 Å². The molecule has 2 aliphatic heterocycles. The molecule has 11 amide bonds. The third kappa shape index (κ3) is 18.1. The zero-order chi connectivity index (χ0) is 67.3. The molecule has 0 aromatic carbocycles. The van der Waals surface area contributed by atoms with E-state index in [1.165, 1.54) is 70.8 Å². The Labute approximate surface area is 519 Å². The number of carbonyl (C=O) groups is 11. The Balaban J connectivity index is 3.03. The second-order valence-electron chi connectivity index (χ2n) is 26.7. The average Bonchev–Trinajstić information content (AvgIpc) is 1.54. The predicted molar refractivity (Wildman–Crippen MR) is 332 cm³/mol. The molecular weight excluding hydrogens is 1120 g/mol. The van der Waals surface area contributed by atoms with Crippen LogP contribution in [0, 0.1) is 41.4 Å². The SMILES string of the molecule is CC=CC[C@@H](C)[C@@H](O)[C@H]1C(=O)N[C@@H](CC)C(=O)N(C)C(CO)C(=O)N(C)[C@@H](C(C)CC)C(=O)N[C@@H](C(C)C)C(=O)N(C)[C@@H](CC(C)C)C(=O)N[C@@H](C)C(=O)N[C@H](C)C(=O)[N+]2(C)C(C(C)C)[C@@H]2C(=O)N(C)[C@@H](CC(C)C)C(=O)N(C)[C@@H](C(C)C)C(=O)N1C. The number of fused-ring (bicyclic) bond motifs is 1. The van der Waals surface area contributed by atoms with Crippen molar-refractivity contribution >= 4 is 65.0 Å². The predicted octanol–water partition coefficient (Wildman–Crippen LogP) is 2.14. The summed E-state index contributed by atoms with van der Waals surface area (Å²) in [5.41, 5.74) is 0. The van der Waals surface area contributed by atoms with E-state index in [1.807, 2.05) is 41.5 Å². The Morgan fingerprint density at radius 3 is 1.46 bits per heavy atom. The van der Waals surface area contributed by atoms with E-state index in [1.54, 1.807) is 81.5 Å². The van der Waals surface area contributed by atoms with Gasteiger partial charge in [-0.2, -0.15) is 0 Å². The highest BCUT2D eigenvalue weighted by molar-refractivity contribution is 6.00. The van der Waals surface area contributed by atoms with Crippen LogP contribution in [0.25, 0.3) is 0 Å². The minimum absolute atomic E-state index is 0.0598. The minimum Gasteiger partial charge on any atom is -0.394 e. The Kier molecular flexibility index (Phi) is 29.2. The Bertz CT molecular complexity index is 2470. The number of nitrogens with zero attached hydrogens (tertiary/aromatic N) is 7. The van der Waals surface area contributed by atoms with Gasteiger partial charge in [0.05, 0.1) is 19.8 Å². The maximum absolute atomic E-state index is 15.2. The number of hydrogen-bond donors (Lipinski definition) is 6. The van der Waals surface area contributed by atoms with Gasteiger partial charge >= 0.3 is 5.91 Å². The molecular formula is C63H112N11O13+. The van der Waals surface area contributed by atoms with Gasteiger partial charge in [0.1, 0.15) is 60.4 Å². The van der Waals surface area contributed by atoms with Crippen LogP contribution in [-0.4, -0.2) is 244 Å². The molecule has 2 saturated heterocycles. The molecule has 6 N–H and O–H groups in total. The third-order valence-electron chi connectivity index (χ3n) is 18.0. The second kappa shape index (κ2) is 33.0.